The Balaban J connectivity index is 2.40. The molecule has 0 amide bonds. The summed E-state index contributed by atoms with van der Waals surface area (Å²) in [6.45, 7) is 2.89. The molecule has 1 atom stereocenters. The van der Waals surface area contributed by atoms with E-state index in [1.165, 1.54) is 0 Å². The number of hydrogen-bond acceptors (Lipinski definition) is 2. The average Bonchev–Trinajstić information content (AvgIpc) is 2.25. The molecular formula is C12H19NO. The van der Waals surface area contributed by atoms with Crippen molar-refractivity contribution in [2.24, 2.45) is 5.73 Å². The second kappa shape index (κ2) is 6.44. The van der Waals surface area contributed by atoms with Crippen molar-refractivity contribution in [1.29, 1.82) is 0 Å². The van der Waals surface area contributed by atoms with Crippen molar-refractivity contribution in [2.75, 3.05) is 6.54 Å². The van der Waals surface area contributed by atoms with E-state index in [1.807, 2.05) is 30.3 Å². The van der Waals surface area contributed by atoms with E-state index in [0.29, 0.717) is 6.10 Å². The van der Waals surface area contributed by atoms with Gasteiger partial charge in [-0.05, 0) is 37.9 Å². The number of ether oxygens (including phenoxy) is 1. The predicted octanol–water partition coefficient (Wildman–Crippen LogP) is 2.58. The van der Waals surface area contributed by atoms with Gasteiger partial charge in [0.05, 0.1) is 6.10 Å². The van der Waals surface area contributed by atoms with Gasteiger partial charge >= 0.3 is 0 Å². The first kappa shape index (κ1) is 11.1. The Morgan fingerprint density at radius 2 is 2.00 bits per heavy atom. The molecule has 78 valence electrons. The standard InChI is InChI=1S/C12H19NO/c1-2-11(9-6-10-13)14-12-7-4-3-5-8-12/h3-5,7-8,11H,2,6,9-10,13H2,1H3. The van der Waals surface area contributed by atoms with E-state index in [9.17, 15) is 0 Å². The maximum Gasteiger partial charge on any atom is 0.119 e. The van der Waals surface area contributed by atoms with E-state index in [0.717, 1.165) is 31.6 Å². The molecule has 0 fully saturated rings. The van der Waals surface area contributed by atoms with E-state index in [2.05, 4.69) is 6.92 Å². The predicted molar refractivity (Wildman–Crippen MR) is 59.4 cm³/mol. The van der Waals surface area contributed by atoms with Gasteiger partial charge in [-0.1, -0.05) is 25.1 Å². The molecule has 0 aromatic heterocycles. The molecule has 1 rings (SSSR count). The zero-order valence-electron chi connectivity index (χ0n) is 8.78. The smallest absolute Gasteiger partial charge is 0.119 e. The minimum absolute atomic E-state index is 0.306. The van der Waals surface area contributed by atoms with Crippen LogP contribution in [0.25, 0.3) is 0 Å². The lowest BCUT2D eigenvalue weighted by atomic mass is 10.1. The van der Waals surface area contributed by atoms with Crippen molar-refractivity contribution in [3.63, 3.8) is 0 Å². The molecule has 0 heterocycles. The van der Waals surface area contributed by atoms with Crippen LogP contribution in [0.3, 0.4) is 0 Å². The van der Waals surface area contributed by atoms with Crippen LogP contribution in [0.15, 0.2) is 30.3 Å². The summed E-state index contributed by atoms with van der Waals surface area (Å²) in [6.07, 6.45) is 3.42. The highest BCUT2D eigenvalue weighted by Crippen LogP contribution is 2.14. The summed E-state index contributed by atoms with van der Waals surface area (Å²) in [5.74, 6) is 0.955. The Hall–Kier alpha value is -1.02. The lowest BCUT2D eigenvalue weighted by molar-refractivity contribution is 0.184. The summed E-state index contributed by atoms with van der Waals surface area (Å²) in [4.78, 5) is 0. The van der Waals surface area contributed by atoms with Crippen molar-refractivity contribution in [3.05, 3.63) is 30.3 Å². The van der Waals surface area contributed by atoms with Gasteiger partial charge in [0.2, 0.25) is 0 Å². The van der Waals surface area contributed by atoms with E-state index in [-0.39, 0.29) is 0 Å². The van der Waals surface area contributed by atoms with Crippen molar-refractivity contribution < 1.29 is 4.74 Å². The molecule has 0 bridgehead atoms. The number of rotatable bonds is 6. The zero-order valence-corrected chi connectivity index (χ0v) is 8.78. The molecular weight excluding hydrogens is 174 g/mol. The summed E-state index contributed by atoms with van der Waals surface area (Å²) in [5, 5.41) is 0. The van der Waals surface area contributed by atoms with Gasteiger partial charge in [-0.25, -0.2) is 0 Å². The first-order valence-electron chi connectivity index (χ1n) is 5.28. The van der Waals surface area contributed by atoms with Crippen LogP contribution in [0.1, 0.15) is 26.2 Å². The molecule has 2 heteroatoms. The SMILES string of the molecule is CCC(CCCN)Oc1ccccc1. The highest BCUT2D eigenvalue weighted by molar-refractivity contribution is 5.21. The molecule has 1 unspecified atom stereocenters. The second-order valence-electron chi connectivity index (χ2n) is 3.39. The van der Waals surface area contributed by atoms with Gasteiger partial charge < -0.3 is 10.5 Å². The van der Waals surface area contributed by atoms with Crippen molar-refractivity contribution >= 4 is 0 Å². The lowest BCUT2D eigenvalue weighted by Gasteiger charge is -2.16. The largest absolute Gasteiger partial charge is 0.490 e. The molecule has 2 N–H and O–H groups in total. The van der Waals surface area contributed by atoms with Crippen LogP contribution in [-0.4, -0.2) is 12.6 Å². The molecule has 0 saturated carbocycles. The van der Waals surface area contributed by atoms with E-state index < -0.39 is 0 Å². The molecule has 0 aliphatic heterocycles. The average molecular weight is 193 g/mol. The summed E-state index contributed by atoms with van der Waals surface area (Å²) < 4.78 is 5.81. The topological polar surface area (TPSA) is 35.2 Å². The zero-order chi connectivity index (χ0) is 10.2. The van der Waals surface area contributed by atoms with Gasteiger partial charge in [-0.2, -0.15) is 0 Å². The molecule has 0 aliphatic rings. The third-order valence-corrected chi connectivity index (χ3v) is 2.23. The van der Waals surface area contributed by atoms with E-state index in [4.69, 9.17) is 10.5 Å². The normalized spacial score (nSPS) is 12.4. The Kier molecular flexibility index (Phi) is 5.08. The first-order chi connectivity index (χ1) is 6.86. The number of benzene rings is 1. The Labute approximate surface area is 86.1 Å². The third kappa shape index (κ3) is 3.79. The lowest BCUT2D eigenvalue weighted by Crippen LogP contribution is -2.16. The van der Waals surface area contributed by atoms with Crippen LogP contribution in [0, 0.1) is 0 Å². The Bertz CT molecular complexity index is 235. The number of para-hydroxylation sites is 1. The van der Waals surface area contributed by atoms with Crippen LogP contribution < -0.4 is 10.5 Å². The number of hydrogen-bond donors (Lipinski definition) is 1. The van der Waals surface area contributed by atoms with Gasteiger partial charge in [0.25, 0.3) is 0 Å². The fourth-order valence-corrected chi connectivity index (χ4v) is 1.38. The van der Waals surface area contributed by atoms with Crippen molar-refractivity contribution in [2.45, 2.75) is 32.3 Å². The third-order valence-electron chi connectivity index (χ3n) is 2.23. The fraction of sp³-hybridized carbons (Fsp3) is 0.500. The van der Waals surface area contributed by atoms with Crippen LogP contribution in [-0.2, 0) is 0 Å². The summed E-state index contributed by atoms with van der Waals surface area (Å²) in [7, 11) is 0. The van der Waals surface area contributed by atoms with E-state index >= 15 is 0 Å². The molecule has 1 aromatic carbocycles. The second-order valence-corrected chi connectivity index (χ2v) is 3.39. The van der Waals surface area contributed by atoms with Gasteiger partial charge in [0.15, 0.2) is 0 Å². The summed E-state index contributed by atoms with van der Waals surface area (Å²) >= 11 is 0. The monoisotopic (exact) mass is 193 g/mol. The summed E-state index contributed by atoms with van der Waals surface area (Å²) in [5.41, 5.74) is 5.47. The maximum atomic E-state index is 5.81. The van der Waals surface area contributed by atoms with Crippen LogP contribution in [0.4, 0.5) is 0 Å². The molecule has 2 nitrogen and oxygen atoms in total. The Morgan fingerprint density at radius 3 is 2.57 bits per heavy atom. The van der Waals surface area contributed by atoms with E-state index in [1.54, 1.807) is 0 Å². The fourth-order valence-electron chi connectivity index (χ4n) is 1.38. The highest BCUT2D eigenvalue weighted by atomic mass is 16.5. The highest BCUT2D eigenvalue weighted by Gasteiger charge is 2.06. The summed E-state index contributed by atoms with van der Waals surface area (Å²) in [6, 6.07) is 9.96. The van der Waals surface area contributed by atoms with Gasteiger partial charge in [-0.3, -0.25) is 0 Å². The molecule has 0 aliphatic carbocycles. The molecule has 1 aromatic rings. The molecule has 0 saturated heterocycles. The van der Waals surface area contributed by atoms with Crippen LogP contribution in [0.2, 0.25) is 0 Å². The van der Waals surface area contributed by atoms with Crippen molar-refractivity contribution in [3.8, 4) is 5.75 Å². The van der Waals surface area contributed by atoms with Gasteiger partial charge in [-0.15, -0.1) is 0 Å². The first-order valence-corrected chi connectivity index (χ1v) is 5.28. The van der Waals surface area contributed by atoms with Crippen LogP contribution >= 0.6 is 0 Å². The quantitative estimate of drug-likeness (QED) is 0.753. The maximum absolute atomic E-state index is 5.81. The molecule has 0 radical (unpaired) electrons. The number of nitrogens with two attached hydrogens (primary N) is 1. The molecule has 0 spiro atoms. The van der Waals surface area contributed by atoms with Crippen molar-refractivity contribution in [1.82, 2.24) is 0 Å². The minimum atomic E-state index is 0.306. The molecule has 14 heavy (non-hydrogen) atoms. The van der Waals surface area contributed by atoms with Gasteiger partial charge in [0, 0.05) is 0 Å². The van der Waals surface area contributed by atoms with Gasteiger partial charge in [0.1, 0.15) is 5.75 Å². The Morgan fingerprint density at radius 1 is 1.29 bits per heavy atom. The van der Waals surface area contributed by atoms with Crippen LogP contribution in [0.5, 0.6) is 5.75 Å². The minimum Gasteiger partial charge on any atom is -0.490 e.